The molecule has 220 valence electrons. The van der Waals surface area contributed by atoms with Gasteiger partial charge in [0.1, 0.15) is 18.4 Å². The summed E-state index contributed by atoms with van der Waals surface area (Å²) in [6.07, 6.45) is 2.01. The van der Waals surface area contributed by atoms with Crippen LogP contribution >= 0.6 is 0 Å². The molecule has 0 saturated carbocycles. The number of sulfonamides is 1. The van der Waals surface area contributed by atoms with Gasteiger partial charge >= 0.3 is 0 Å². The van der Waals surface area contributed by atoms with Crippen molar-refractivity contribution < 1.29 is 22.4 Å². The van der Waals surface area contributed by atoms with Crippen LogP contribution in [0.25, 0.3) is 0 Å². The van der Waals surface area contributed by atoms with E-state index in [0.717, 1.165) is 22.7 Å². The van der Waals surface area contributed by atoms with Gasteiger partial charge in [0.05, 0.1) is 10.6 Å². The summed E-state index contributed by atoms with van der Waals surface area (Å²) in [6, 6.07) is 19.9. The Labute approximate surface area is 243 Å². The van der Waals surface area contributed by atoms with Crippen molar-refractivity contribution in [2.45, 2.75) is 70.4 Å². The van der Waals surface area contributed by atoms with Crippen LogP contribution < -0.4 is 9.62 Å². The van der Waals surface area contributed by atoms with Crippen molar-refractivity contribution in [3.8, 4) is 0 Å². The van der Waals surface area contributed by atoms with Crippen molar-refractivity contribution in [3.63, 3.8) is 0 Å². The molecule has 0 aliphatic heterocycles. The summed E-state index contributed by atoms with van der Waals surface area (Å²) in [5.41, 5.74) is 2.00. The molecule has 0 radical (unpaired) electrons. The van der Waals surface area contributed by atoms with Crippen LogP contribution in [0.1, 0.15) is 64.0 Å². The minimum atomic E-state index is -4.13. The lowest BCUT2D eigenvalue weighted by Crippen LogP contribution is -2.52. The van der Waals surface area contributed by atoms with Gasteiger partial charge in [-0.1, -0.05) is 76.6 Å². The molecule has 0 saturated heterocycles. The average Bonchev–Trinajstić information content (AvgIpc) is 2.97. The molecule has 1 N–H and O–H groups in total. The molecule has 3 aromatic carbocycles. The van der Waals surface area contributed by atoms with Gasteiger partial charge in [-0.15, -0.1) is 0 Å². The smallest absolute Gasteiger partial charge is 0.264 e. The molecule has 0 bridgehead atoms. The second-order valence-corrected chi connectivity index (χ2v) is 12.2. The zero-order valence-electron chi connectivity index (χ0n) is 24.2. The zero-order valence-corrected chi connectivity index (χ0v) is 25.0. The molecule has 1 atom stereocenters. The Morgan fingerprint density at radius 1 is 0.902 bits per heavy atom. The Hall–Kier alpha value is -3.72. The first kappa shape index (κ1) is 31.8. The van der Waals surface area contributed by atoms with Gasteiger partial charge in [-0.2, -0.15) is 0 Å². The van der Waals surface area contributed by atoms with Crippen LogP contribution in [-0.4, -0.2) is 44.3 Å². The van der Waals surface area contributed by atoms with Crippen LogP contribution in [0.4, 0.5) is 10.1 Å². The van der Waals surface area contributed by atoms with Crippen LogP contribution in [-0.2, 0) is 26.2 Å². The largest absolute Gasteiger partial charge is 0.354 e. The molecule has 9 heteroatoms. The molecule has 2 amide bonds. The summed E-state index contributed by atoms with van der Waals surface area (Å²) in [5.74, 6) is -1.03. The summed E-state index contributed by atoms with van der Waals surface area (Å²) in [5, 5.41) is 2.90. The summed E-state index contributed by atoms with van der Waals surface area (Å²) in [7, 11) is -4.13. The van der Waals surface area contributed by atoms with E-state index in [2.05, 4.69) is 5.32 Å². The maximum absolute atomic E-state index is 14.1. The van der Waals surface area contributed by atoms with E-state index in [4.69, 9.17) is 0 Å². The van der Waals surface area contributed by atoms with Gasteiger partial charge in [0.15, 0.2) is 0 Å². The number of hydrogen-bond acceptors (Lipinski definition) is 4. The highest BCUT2D eigenvalue weighted by molar-refractivity contribution is 7.92. The standard InChI is InChI=1S/C32H40FN3O4S/c1-5-7-21-34-32(38)30(6-2)35(22-25-13-17-27(33)18-14-25)31(37)23-36(28-19-15-26(16-20-28)24(3)4)41(39,40)29-11-9-8-10-12-29/h8-20,24,30H,5-7,21-23H2,1-4H3,(H,34,38). The first-order valence-electron chi connectivity index (χ1n) is 14.1. The monoisotopic (exact) mass is 581 g/mol. The average molecular weight is 582 g/mol. The minimum absolute atomic E-state index is 0.0182. The van der Waals surface area contributed by atoms with E-state index in [0.29, 0.717) is 24.2 Å². The van der Waals surface area contributed by atoms with E-state index in [9.17, 15) is 22.4 Å². The third-order valence-corrected chi connectivity index (χ3v) is 8.73. The van der Waals surface area contributed by atoms with Crippen LogP contribution in [0.3, 0.4) is 0 Å². The molecule has 0 aliphatic rings. The number of benzene rings is 3. The van der Waals surface area contributed by atoms with Gasteiger partial charge in [-0.25, -0.2) is 12.8 Å². The van der Waals surface area contributed by atoms with E-state index in [1.165, 1.54) is 29.2 Å². The molecule has 0 heterocycles. The number of rotatable bonds is 14. The summed E-state index contributed by atoms with van der Waals surface area (Å²) in [4.78, 5) is 28.7. The minimum Gasteiger partial charge on any atom is -0.354 e. The second-order valence-electron chi connectivity index (χ2n) is 10.3. The molecular weight excluding hydrogens is 541 g/mol. The maximum Gasteiger partial charge on any atom is 0.264 e. The van der Waals surface area contributed by atoms with Crippen molar-refractivity contribution in [2.75, 3.05) is 17.4 Å². The Balaban J connectivity index is 2.03. The summed E-state index contributed by atoms with van der Waals surface area (Å²) in [6.45, 7) is 7.88. The van der Waals surface area contributed by atoms with E-state index in [1.54, 1.807) is 49.4 Å². The molecule has 0 fully saturated rings. The van der Waals surface area contributed by atoms with Crippen molar-refractivity contribution in [3.05, 3.63) is 95.8 Å². The molecule has 0 spiro atoms. The van der Waals surface area contributed by atoms with Crippen LogP contribution in [0.15, 0.2) is 83.8 Å². The fourth-order valence-corrected chi connectivity index (χ4v) is 5.92. The van der Waals surface area contributed by atoms with E-state index < -0.39 is 34.3 Å². The van der Waals surface area contributed by atoms with Crippen molar-refractivity contribution in [2.24, 2.45) is 0 Å². The van der Waals surface area contributed by atoms with Crippen molar-refractivity contribution in [1.82, 2.24) is 10.2 Å². The van der Waals surface area contributed by atoms with Crippen LogP contribution in [0, 0.1) is 5.82 Å². The fraction of sp³-hybridized carbons (Fsp3) is 0.375. The van der Waals surface area contributed by atoms with Gasteiger partial charge in [0.25, 0.3) is 10.0 Å². The number of carbonyl (C=O) groups is 2. The Kier molecular flexibility index (Phi) is 11.5. The number of nitrogens with one attached hydrogen (secondary N) is 1. The first-order chi connectivity index (χ1) is 19.6. The van der Waals surface area contributed by atoms with Crippen molar-refractivity contribution >= 4 is 27.5 Å². The first-order valence-corrected chi connectivity index (χ1v) is 15.5. The Morgan fingerprint density at radius 2 is 1.54 bits per heavy atom. The number of nitrogens with zero attached hydrogens (tertiary/aromatic N) is 2. The number of hydrogen-bond donors (Lipinski definition) is 1. The van der Waals surface area contributed by atoms with Gasteiger partial charge in [-0.05, 0) is 66.3 Å². The summed E-state index contributed by atoms with van der Waals surface area (Å²) < 4.78 is 42.5. The quantitative estimate of drug-likeness (QED) is 0.241. The second kappa shape index (κ2) is 14.8. The third-order valence-electron chi connectivity index (χ3n) is 6.94. The lowest BCUT2D eigenvalue weighted by atomic mass is 10.0. The molecule has 7 nitrogen and oxygen atoms in total. The SMILES string of the molecule is CCCCNC(=O)C(CC)N(Cc1ccc(F)cc1)C(=O)CN(c1ccc(C(C)C)cc1)S(=O)(=O)c1ccccc1. The number of amides is 2. The number of carbonyl (C=O) groups excluding carboxylic acids is 2. The predicted molar refractivity (Wildman–Crippen MR) is 160 cm³/mol. The highest BCUT2D eigenvalue weighted by atomic mass is 32.2. The van der Waals surface area contributed by atoms with Crippen LogP contribution in [0.2, 0.25) is 0 Å². The highest BCUT2D eigenvalue weighted by Gasteiger charge is 2.33. The highest BCUT2D eigenvalue weighted by Crippen LogP contribution is 2.27. The number of anilines is 1. The molecular formula is C32H40FN3O4S. The molecule has 41 heavy (non-hydrogen) atoms. The zero-order chi connectivity index (χ0) is 30.0. The van der Waals surface area contributed by atoms with Gasteiger partial charge in [-0.3, -0.25) is 13.9 Å². The number of halogens is 1. The summed E-state index contributed by atoms with van der Waals surface area (Å²) >= 11 is 0. The molecule has 1 unspecified atom stereocenters. The van der Waals surface area contributed by atoms with Gasteiger partial charge < -0.3 is 10.2 Å². The Bertz CT molecular complexity index is 1380. The topological polar surface area (TPSA) is 86.8 Å². The van der Waals surface area contributed by atoms with E-state index in [1.807, 2.05) is 32.9 Å². The molecule has 0 aromatic heterocycles. The number of unbranched alkanes of at least 4 members (excludes halogenated alkanes) is 1. The van der Waals surface area contributed by atoms with Crippen LogP contribution in [0.5, 0.6) is 0 Å². The van der Waals surface area contributed by atoms with Gasteiger partial charge in [0.2, 0.25) is 11.8 Å². The normalized spacial score (nSPS) is 12.1. The molecule has 3 aromatic rings. The van der Waals surface area contributed by atoms with Gasteiger partial charge in [0, 0.05) is 13.1 Å². The third kappa shape index (κ3) is 8.39. The predicted octanol–water partition coefficient (Wildman–Crippen LogP) is 5.87. The molecule has 0 aliphatic carbocycles. The lowest BCUT2D eigenvalue weighted by molar-refractivity contribution is -0.140. The fourth-order valence-electron chi connectivity index (χ4n) is 4.49. The van der Waals surface area contributed by atoms with E-state index >= 15 is 0 Å². The van der Waals surface area contributed by atoms with E-state index in [-0.39, 0.29) is 23.3 Å². The Morgan fingerprint density at radius 3 is 2.10 bits per heavy atom. The van der Waals surface area contributed by atoms with Crippen molar-refractivity contribution in [1.29, 1.82) is 0 Å². The molecule has 3 rings (SSSR count). The maximum atomic E-state index is 14.1. The lowest BCUT2D eigenvalue weighted by Gasteiger charge is -2.33.